The number of benzene rings is 2. The van der Waals surface area contributed by atoms with Gasteiger partial charge in [0.25, 0.3) is 5.56 Å². The first kappa shape index (κ1) is 15.2. The van der Waals surface area contributed by atoms with Crippen LogP contribution in [-0.2, 0) is 0 Å². The second-order valence-electron chi connectivity index (χ2n) is 4.82. The molecule has 0 unspecified atom stereocenters. The van der Waals surface area contributed by atoms with Gasteiger partial charge in [0, 0.05) is 5.56 Å². The summed E-state index contributed by atoms with van der Waals surface area (Å²) >= 11 is 0. The van der Waals surface area contributed by atoms with Crippen LogP contribution in [0.25, 0.3) is 10.9 Å². The fourth-order valence-corrected chi connectivity index (χ4v) is 2.21. The van der Waals surface area contributed by atoms with E-state index in [1.165, 1.54) is 6.21 Å². The Morgan fingerprint density at radius 1 is 1.17 bits per heavy atom. The van der Waals surface area contributed by atoms with E-state index in [1.54, 1.807) is 48.5 Å². The fraction of sp³-hybridized carbons (Fsp3) is 0.0588. The number of nitriles is 1. The molecule has 0 spiro atoms. The zero-order chi connectivity index (χ0) is 16.9. The molecule has 0 saturated carbocycles. The van der Waals surface area contributed by atoms with Gasteiger partial charge in [-0.2, -0.15) is 10.4 Å². The van der Waals surface area contributed by atoms with Crippen LogP contribution >= 0.6 is 0 Å². The van der Waals surface area contributed by atoms with Crippen molar-refractivity contribution in [1.82, 2.24) is 9.66 Å². The number of nitrogens with zero attached hydrogens (tertiary/aromatic N) is 3. The van der Waals surface area contributed by atoms with Gasteiger partial charge in [-0.25, -0.2) is 4.79 Å². The SMILES string of the molecule is N#CCOc1ccccc1C=Nn1c(=O)[nH]c2ccccc2c1=O. The lowest BCUT2D eigenvalue weighted by molar-refractivity contribution is 0.367. The van der Waals surface area contributed by atoms with Gasteiger partial charge in [0.1, 0.15) is 11.8 Å². The number of rotatable bonds is 4. The second-order valence-corrected chi connectivity index (χ2v) is 4.82. The number of hydrogen-bond donors (Lipinski definition) is 1. The van der Waals surface area contributed by atoms with Gasteiger partial charge in [-0.1, -0.05) is 24.3 Å². The van der Waals surface area contributed by atoms with E-state index in [0.717, 1.165) is 4.68 Å². The molecule has 0 atom stereocenters. The molecule has 1 aromatic heterocycles. The minimum absolute atomic E-state index is 0.110. The Morgan fingerprint density at radius 2 is 1.92 bits per heavy atom. The van der Waals surface area contributed by atoms with Crippen LogP contribution < -0.4 is 16.0 Å². The molecule has 1 N–H and O–H groups in total. The molecule has 3 aromatic rings. The summed E-state index contributed by atoms with van der Waals surface area (Å²) in [5.41, 5.74) is -0.143. The van der Waals surface area contributed by atoms with E-state index >= 15 is 0 Å². The molecule has 2 aromatic carbocycles. The van der Waals surface area contributed by atoms with Crippen LogP contribution in [0.1, 0.15) is 5.56 Å². The summed E-state index contributed by atoms with van der Waals surface area (Å²) in [6, 6.07) is 15.5. The fourth-order valence-electron chi connectivity index (χ4n) is 2.21. The maximum absolute atomic E-state index is 12.4. The van der Waals surface area contributed by atoms with E-state index in [4.69, 9.17) is 10.00 Å². The Kier molecular flexibility index (Phi) is 4.21. The Morgan fingerprint density at radius 3 is 2.75 bits per heavy atom. The number of nitrogens with one attached hydrogen (secondary N) is 1. The molecule has 0 aliphatic heterocycles. The zero-order valence-electron chi connectivity index (χ0n) is 12.5. The average Bonchev–Trinajstić information content (AvgIpc) is 2.60. The van der Waals surface area contributed by atoms with Crippen LogP contribution in [0.5, 0.6) is 5.75 Å². The van der Waals surface area contributed by atoms with Crippen LogP contribution in [0.15, 0.2) is 63.2 Å². The van der Waals surface area contributed by atoms with Crippen LogP contribution in [0.3, 0.4) is 0 Å². The molecule has 0 amide bonds. The average molecular weight is 320 g/mol. The van der Waals surface area contributed by atoms with E-state index in [0.29, 0.717) is 22.2 Å². The highest BCUT2D eigenvalue weighted by Crippen LogP contribution is 2.15. The lowest BCUT2D eigenvalue weighted by atomic mass is 10.2. The summed E-state index contributed by atoms with van der Waals surface area (Å²) in [5, 5.41) is 12.9. The molecule has 24 heavy (non-hydrogen) atoms. The van der Waals surface area contributed by atoms with Gasteiger partial charge < -0.3 is 9.72 Å². The van der Waals surface area contributed by atoms with E-state index in [9.17, 15) is 9.59 Å². The number of fused-ring (bicyclic) bond motifs is 1. The maximum Gasteiger partial charge on any atom is 0.349 e. The van der Waals surface area contributed by atoms with Gasteiger partial charge in [-0.05, 0) is 24.3 Å². The van der Waals surface area contributed by atoms with Gasteiger partial charge in [0.05, 0.1) is 17.1 Å². The Hall–Kier alpha value is -3.66. The molecule has 118 valence electrons. The topological polar surface area (TPSA) is 100 Å². The number of H-pyrrole nitrogens is 1. The van der Waals surface area contributed by atoms with Crippen molar-refractivity contribution in [3.8, 4) is 11.8 Å². The minimum Gasteiger partial charge on any atom is -0.478 e. The highest BCUT2D eigenvalue weighted by Gasteiger charge is 2.06. The second kappa shape index (κ2) is 6.62. The van der Waals surface area contributed by atoms with E-state index in [-0.39, 0.29) is 6.61 Å². The molecule has 0 aliphatic rings. The predicted octanol–water partition coefficient (Wildman–Crippen LogP) is 1.47. The largest absolute Gasteiger partial charge is 0.478 e. The lowest BCUT2D eigenvalue weighted by Gasteiger charge is -2.05. The highest BCUT2D eigenvalue weighted by atomic mass is 16.5. The molecule has 7 nitrogen and oxygen atoms in total. The number of para-hydroxylation sites is 2. The van der Waals surface area contributed by atoms with E-state index in [2.05, 4.69) is 10.1 Å². The molecular weight excluding hydrogens is 308 g/mol. The lowest BCUT2D eigenvalue weighted by Crippen LogP contribution is -2.32. The summed E-state index contributed by atoms with van der Waals surface area (Å²) in [7, 11) is 0. The first-order valence-electron chi connectivity index (χ1n) is 7.08. The zero-order valence-corrected chi connectivity index (χ0v) is 12.5. The number of hydrogen-bond acceptors (Lipinski definition) is 5. The normalized spacial score (nSPS) is 10.8. The summed E-state index contributed by atoms with van der Waals surface area (Å²) in [5.74, 6) is 0.438. The minimum atomic E-state index is -0.634. The van der Waals surface area contributed by atoms with Gasteiger partial charge in [0.2, 0.25) is 0 Å². The summed E-state index contributed by atoms with van der Waals surface area (Å²) in [6.45, 7) is -0.110. The Balaban J connectivity index is 2.05. The molecule has 3 rings (SSSR count). The quantitative estimate of drug-likeness (QED) is 0.736. The highest BCUT2D eigenvalue weighted by molar-refractivity contribution is 5.83. The summed E-state index contributed by atoms with van der Waals surface area (Å²) in [4.78, 5) is 27.0. The maximum atomic E-state index is 12.4. The third kappa shape index (κ3) is 2.94. The van der Waals surface area contributed by atoms with Gasteiger partial charge >= 0.3 is 5.69 Å². The molecule has 0 fully saturated rings. The number of aromatic amines is 1. The molecular formula is C17H12N4O3. The first-order chi connectivity index (χ1) is 11.7. The van der Waals surface area contributed by atoms with E-state index < -0.39 is 11.2 Å². The van der Waals surface area contributed by atoms with Crippen molar-refractivity contribution < 1.29 is 4.74 Å². The molecule has 7 heteroatoms. The van der Waals surface area contributed by atoms with E-state index in [1.807, 2.05) is 6.07 Å². The van der Waals surface area contributed by atoms with Crippen molar-refractivity contribution in [1.29, 1.82) is 5.26 Å². The third-order valence-corrected chi connectivity index (χ3v) is 3.31. The van der Waals surface area contributed by atoms with Crippen LogP contribution in [0.2, 0.25) is 0 Å². The van der Waals surface area contributed by atoms with Crippen molar-refractivity contribution in [3.63, 3.8) is 0 Å². The van der Waals surface area contributed by atoms with Crippen molar-refractivity contribution >= 4 is 17.1 Å². The smallest absolute Gasteiger partial charge is 0.349 e. The summed E-state index contributed by atoms with van der Waals surface area (Å²) in [6.07, 6.45) is 1.35. The molecule has 0 radical (unpaired) electrons. The predicted molar refractivity (Wildman–Crippen MR) is 89.4 cm³/mol. The van der Waals surface area contributed by atoms with Crippen LogP contribution in [0.4, 0.5) is 0 Å². The molecule has 0 saturated heterocycles. The van der Waals surface area contributed by atoms with Crippen molar-refractivity contribution in [2.75, 3.05) is 6.61 Å². The molecule has 0 bridgehead atoms. The van der Waals surface area contributed by atoms with Crippen molar-refractivity contribution in [2.24, 2.45) is 5.10 Å². The number of ether oxygens (including phenoxy) is 1. The molecule has 0 aliphatic carbocycles. The van der Waals surface area contributed by atoms with Crippen LogP contribution in [-0.4, -0.2) is 22.5 Å². The molecule has 1 heterocycles. The van der Waals surface area contributed by atoms with Gasteiger partial charge in [-0.15, -0.1) is 4.68 Å². The third-order valence-electron chi connectivity index (χ3n) is 3.31. The Bertz CT molecular complexity index is 1070. The standard InChI is InChI=1S/C17H12N4O3/c18-9-10-24-15-8-4-1-5-12(15)11-19-21-16(22)13-6-2-3-7-14(13)20-17(21)23/h1-8,11H,10H2,(H,20,23). The van der Waals surface area contributed by atoms with Crippen molar-refractivity contribution in [2.45, 2.75) is 0 Å². The first-order valence-corrected chi connectivity index (χ1v) is 7.08. The monoisotopic (exact) mass is 320 g/mol. The van der Waals surface area contributed by atoms with Crippen LogP contribution in [0, 0.1) is 11.3 Å². The van der Waals surface area contributed by atoms with Gasteiger partial charge in [-0.3, -0.25) is 4.79 Å². The number of aromatic nitrogens is 2. The Labute approximate surface area is 136 Å². The van der Waals surface area contributed by atoms with Gasteiger partial charge in [0.15, 0.2) is 6.61 Å². The summed E-state index contributed by atoms with van der Waals surface area (Å²) < 4.78 is 6.03. The van der Waals surface area contributed by atoms with Crippen molar-refractivity contribution in [3.05, 3.63) is 74.9 Å².